The van der Waals surface area contributed by atoms with Crippen molar-refractivity contribution < 1.29 is 76.4 Å². The SMILES string of the molecule is CCCCCC(OC(=O)C[N+](C)(C)CCOC(C)=O)C(O)CC=CCCCCCCCC(=O)OCCCCCCCCOC(=O)CCCCCCCC=CCC(O)C(CCCCC)OC(=O)C[N+](C)(C)CCOC(C)=O. The smallest absolute Gasteiger partial charge is 0.362 e. The van der Waals surface area contributed by atoms with Crippen LogP contribution in [-0.4, -0.2) is 160 Å². The van der Waals surface area contributed by atoms with E-state index in [1.165, 1.54) is 13.8 Å². The first kappa shape index (κ1) is 72.1. The normalized spacial score (nSPS) is 13.6. The van der Waals surface area contributed by atoms with E-state index in [-0.39, 0.29) is 62.1 Å². The number of carbonyl (C=O) groups excluding carboxylic acids is 6. The van der Waals surface area contributed by atoms with E-state index < -0.39 is 24.4 Å². The third-order valence-corrected chi connectivity index (χ3v) is 13.4. The van der Waals surface area contributed by atoms with Crippen LogP contribution in [0, 0.1) is 0 Å². The lowest BCUT2D eigenvalue weighted by Gasteiger charge is -2.30. The summed E-state index contributed by atoms with van der Waals surface area (Å²) in [5.74, 6) is -1.68. The van der Waals surface area contributed by atoms with Gasteiger partial charge in [0.15, 0.2) is 13.1 Å². The number of hydrogen-bond acceptors (Lipinski definition) is 14. The molecule has 0 aromatic rings. The molecule has 4 atom stereocenters. The molecule has 0 saturated carbocycles. The highest BCUT2D eigenvalue weighted by Crippen LogP contribution is 2.18. The van der Waals surface area contributed by atoms with Crippen molar-refractivity contribution in [2.24, 2.45) is 0 Å². The second-order valence-electron chi connectivity index (χ2n) is 22.1. The third kappa shape index (κ3) is 46.3. The van der Waals surface area contributed by atoms with Crippen LogP contribution >= 0.6 is 0 Å². The first-order valence-corrected chi connectivity index (χ1v) is 29.6. The van der Waals surface area contributed by atoms with E-state index in [1.807, 2.05) is 40.3 Å². The zero-order valence-electron chi connectivity index (χ0n) is 49.2. The molecule has 16 heteroatoms. The average Bonchev–Trinajstić information content (AvgIpc) is 3.34. The minimum Gasteiger partial charge on any atom is -0.466 e. The molecule has 0 heterocycles. The van der Waals surface area contributed by atoms with E-state index in [2.05, 4.69) is 26.0 Å². The number of quaternary nitrogens is 2. The molecule has 0 aromatic heterocycles. The van der Waals surface area contributed by atoms with Gasteiger partial charge in [-0.2, -0.15) is 0 Å². The molecule has 0 aliphatic heterocycles. The zero-order chi connectivity index (χ0) is 56.7. The van der Waals surface area contributed by atoms with E-state index in [9.17, 15) is 39.0 Å². The van der Waals surface area contributed by atoms with Gasteiger partial charge in [-0.05, 0) is 89.9 Å². The van der Waals surface area contributed by atoms with Gasteiger partial charge in [-0.1, -0.05) is 128 Å². The molecule has 4 unspecified atom stereocenters. The summed E-state index contributed by atoms with van der Waals surface area (Å²) in [6.45, 7) is 9.55. The number of allylic oxidation sites excluding steroid dienone is 2. The van der Waals surface area contributed by atoms with Crippen molar-refractivity contribution in [1.82, 2.24) is 0 Å². The number of hydrogen-bond donors (Lipinski definition) is 2. The molecule has 0 spiro atoms. The molecule has 0 aliphatic rings. The Morgan fingerprint density at radius 2 is 0.750 bits per heavy atom. The van der Waals surface area contributed by atoms with Gasteiger partial charge >= 0.3 is 35.8 Å². The van der Waals surface area contributed by atoms with Gasteiger partial charge < -0.3 is 47.6 Å². The molecule has 0 saturated heterocycles. The van der Waals surface area contributed by atoms with Crippen LogP contribution in [0.25, 0.3) is 0 Å². The number of esters is 6. The molecule has 0 bridgehead atoms. The zero-order valence-corrected chi connectivity index (χ0v) is 49.2. The second kappa shape index (κ2) is 47.2. The fraction of sp³-hybridized carbons (Fsp3) is 0.833. The standard InChI is InChI=1S/C60H110N2O14/c1-9-11-29-39-55(75-59(69)49-61(5,6)43-47-71-51(3)63)53(65)37-31-23-17-13-15-19-25-33-41-57(67)73-45-35-27-21-22-28-36-46-74-58(68)42-34-26-20-16-14-18-24-32-38-54(66)56(40-30-12-10-2)76-60(70)50-62(7,8)44-48-72-52(4)64/h23-24,31-32,53-56,65-66H,9-22,25-30,33-50H2,1-8H3/q+2. The lowest BCUT2D eigenvalue weighted by atomic mass is 10.0. The van der Waals surface area contributed by atoms with Crippen molar-refractivity contribution in [3.63, 3.8) is 0 Å². The Balaban J connectivity index is 3.95. The van der Waals surface area contributed by atoms with Gasteiger partial charge in [0.1, 0.15) is 38.5 Å². The molecule has 0 radical (unpaired) electrons. The van der Waals surface area contributed by atoms with E-state index in [0.29, 0.717) is 73.8 Å². The highest BCUT2D eigenvalue weighted by Gasteiger charge is 2.29. The van der Waals surface area contributed by atoms with Gasteiger partial charge in [0.25, 0.3) is 0 Å². The third-order valence-electron chi connectivity index (χ3n) is 13.4. The summed E-state index contributed by atoms with van der Waals surface area (Å²) >= 11 is 0. The van der Waals surface area contributed by atoms with Gasteiger partial charge in [-0.15, -0.1) is 0 Å². The summed E-state index contributed by atoms with van der Waals surface area (Å²) in [7, 11) is 7.53. The van der Waals surface area contributed by atoms with Gasteiger partial charge in [0, 0.05) is 26.7 Å². The molecule has 0 aromatic carbocycles. The Bertz CT molecular complexity index is 1470. The van der Waals surface area contributed by atoms with Gasteiger partial charge in [-0.25, -0.2) is 9.59 Å². The number of carbonyl (C=O) groups is 6. The predicted molar refractivity (Wildman–Crippen MR) is 299 cm³/mol. The Kier molecular flexibility index (Phi) is 44.8. The summed E-state index contributed by atoms with van der Waals surface area (Å²) < 4.78 is 33.1. The number of nitrogens with zero attached hydrogens (tertiary/aromatic N) is 2. The monoisotopic (exact) mass is 1080 g/mol. The molecule has 16 nitrogen and oxygen atoms in total. The maximum atomic E-state index is 12.8. The van der Waals surface area contributed by atoms with Crippen molar-refractivity contribution in [3.05, 3.63) is 24.3 Å². The summed E-state index contributed by atoms with van der Waals surface area (Å²) in [5, 5.41) is 21.8. The van der Waals surface area contributed by atoms with Crippen LogP contribution in [0.4, 0.5) is 0 Å². The minimum absolute atomic E-state index is 0.125. The van der Waals surface area contributed by atoms with Crippen LogP contribution in [0.5, 0.6) is 0 Å². The van der Waals surface area contributed by atoms with Crippen LogP contribution in [0.3, 0.4) is 0 Å². The van der Waals surface area contributed by atoms with Crippen LogP contribution in [0.2, 0.25) is 0 Å². The van der Waals surface area contributed by atoms with Crippen LogP contribution in [0.1, 0.15) is 220 Å². The lowest BCUT2D eigenvalue weighted by molar-refractivity contribution is -0.883. The maximum Gasteiger partial charge on any atom is 0.362 e. The average molecular weight is 1080 g/mol. The van der Waals surface area contributed by atoms with Crippen LogP contribution in [-0.2, 0) is 57.2 Å². The highest BCUT2D eigenvalue weighted by molar-refractivity contribution is 5.71. The fourth-order valence-electron chi connectivity index (χ4n) is 8.55. The topological polar surface area (TPSA) is 198 Å². The number of rotatable bonds is 51. The van der Waals surface area contributed by atoms with Gasteiger partial charge in [-0.3, -0.25) is 19.2 Å². The molecule has 0 aliphatic carbocycles. The Morgan fingerprint density at radius 3 is 1.11 bits per heavy atom. The highest BCUT2D eigenvalue weighted by atomic mass is 16.6. The number of likely N-dealkylation sites (N-methyl/N-ethyl adjacent to an activating group) is 2. The lowest BCUT2D eigenvalue weighted by Crippen LogP contribution is -2.47. The van der Waals surface area contributed by atoms with E-state index in [4.69, 9.17) is 28.4 Å². The van der Waals surface area contributed by atoms with Gasteiger partial charge in [0.05, 0.1) is 53.6 Å². The van der Waals surface area contributed by atoms with Crippen LogP contribution < -0.4 is 0 Å². The fourth-order valence-corrected chi connectivity index (χ4v) is 8.55. The molecule has 0 fully saturated rings. The summed E-state index contributed by atoms with van der Waals surface area (Å²) in [4.78, 5) is 72.1. The largest absolute Gasteiger partial charge is 0.466 e. The molecular formula is C60H110N2O14+2. The Hall–Kier alpha value is -3.86. The predicted octanol–water partition coefficient (Wildman–Crippen LogP) is 10.8. The first-order valence-electron chi connectivity index (χ1n) is 29.6. The maximum absolute atomic E-state index is 12.8. The van der Waals surface area contributed by atoms with Crippen molar-refractivity contribution in [1.29, 1.82) is 0 Å². The second-order valence-corrected chi connectivity index (χ2v) is 22.1. The Morgan fingerprint density at radius 1 is 0.408 bits per heavy atom. The van der Waals surface area contributed by atoms with Crippen molar-refractivity contribution in [3.8, 4) is 0 Å². The van der Waals surface area contributed by atoms with Gasteiger partial charge in [0.2, 0.25) is 0 Å². The number of unbranched alkanes of at least 4 members (excludes halogenated alkanes) is 19. The minimum atomic E-state index is -0.770. The summed E-state index contributed by atoms with van der Waals surface area (Å²) in [6, 6.07) is 0. The quantitative estimate of drug-likeness (QED) is 0.0192. The van der Waals surface area contributed by atoms with Crippen LogP contribution in [0.15, 0.2) is 24.3 Å². The Labute approximate surface area is 460 Å². The number of aliphatic hydroxyl groups is 2. The first-order chi connectivity index (χ1) is 36.3. The van der Waals surface area contributed by atoms with Crippen molar-refractivity contribution in [2.45, 2.75) is 245 Å². The number of ether oxygens (including phenoxy) is 6. The summed E-state index contributed by atoms with van der Waals surface area (Å²) in [6.07, 6.45) is 31.9. The summed E-state index contributed by atoms with van der Waals surface area (Å²) in [5.41, 5.74) is 0. The number of aliphatic hydroxyl groups excluding tert-OH is 2. The molecule has 0 rings (SSSR count). The molecule has 442 valence electrons. The van der Waals surface area contributed by atoms with E-state index in [0.717, 1.165) is 154 Å². The van der Waals surface area contributed by atoms with Crippen molar-refractivity contribution in [2.75, 3.05) is 80.8 Å². The molecule has 0 amide bonds. The molecular weight excluding hydrogens is 973 g/mol. The van der Waals surface area contributed by atoms with E-state index in [1.54, 1.807) is 0 Å². The molecule has 2 N–H and O–H groups in total. The molecule has 76 heavy (non-hydrogen) atoms. The van der Waals surface area contributed by atoms with Crippen molar-refractivity contribution >= 4 is 35.8 Å². The van der Waals surface area contributed by atoms with E-state index >= 15 is 0 Å².